The second-order valence-electron chi connectivity index (χ2n) is 4.86. The second kappa shape index (κ2) is 6.22. The number of hydrogen-bond acceptors (Lipinski definition) is 10. The zero-order chi connectivity index (χ0) is 18.2. The first-order valence-corrected chi connectivity index (χ1v) is 6.38. The smallest absolute Gasteiger partial charge is 0.349 e. The number of aliphatic carboxylic acids is 1. The molecule has 1 aliphatic rings. The van der Waals surface area contributed by atoms with Gasteiger partial charge in [0.1, 0.15) is 6.10 Å². The Balaban J connectivity index is 2.24. The predicted molar refractivity (Wildman–Crippen MR) is 70.2 cm³/mol. The van der Waals surface area contributed by atoms with Gasteiger partial charge in [0.2, 0.25) is 6.10 Å². The van der Waals surface area contributed by atoms with E-state index < -0.39 is 65.1 Å². The highest BCUT2D eigenvalue weighted by molar-refractivity contribution is 5.93. The summed E-state index contributed by atoms with van der Waals surface area (Å²) >= 11 is 0. The maximum Gasteiger partial charge on any atom is 0.349 e. The number of hydrogen-bond donors (Lipinski definition) is 6. The first-order chi connectivity index (χ1) is 11.1. The lowest BCUT2D eigenvalue weighted by Crippen LogP contribution is -2.45. The van der Waals surface area contributed by atoms with Crippen molar-refractivity contribution in [2.24, 2.45) is 0 Å². The fourth-order valence-corrected chi connectivity index (χ4v) is 2.00. The number of phenolic OH excluding ortho intramolecular Hbond substituents is 3. The van der Waals surface area contributed by atoms with E-state index >= 15 is 0 Å². The van der Waals surface area contributed by atoms with E-state index in [9.17, 15) is 39.9 Å². The van der Waals surface area contributed by atoms with Gasteiger partial charge in [-0.05, 0) is 12.1 Å². The van der Waals surface area contributed by atoms with Crippen LogP contribution in [0.1, 0.15) is 10.4 Å². The van der Waals surface area contributed by atoms with Crippen LogP contribution in [0.15, 0.2) is 12.1 Å². The maximum absolute atomic E-state index is 11.9. The molecular weight excluding hydrogens is 332 g/mol. The van der Waals surface area contributed by atoms with Gasteiger partial charge in [-0.2, -0.15) is 0 Å². The molecule has 0 saturated carbocycles. The number of cyclic esters (lactones) is 1. The first-order valence-electron chi connectivity index (χ1n) is 6.38. The van der Waals surface area contributed by atoms with Crippen LogP contribution in [-0.4, -0.2) is 73.0 Å². The van der Waals surface area contributed by atoms with Crippen molar-refractivity contribution in [2.75, 3.05) is 0 Å². The van der Waals surface area contributed by atoms with Gasteiger partial charge >= 0.3 is 17.9 Å². The average molecular weight is 344 g/mol. The third kappa shape index (κ3) is 3.02. The Hall–Kier alpha value is -3.05. The normalized spacial score (nSPS) is 24.2. The van der Waals surface area contributed by atoms with Crippen LogP contribution in [0.2, 0.25) is 0 Å². The van der Waals surface area contributed by atoms with Crippen LogP contribution in [0.25, 0.3) is 0 Å². The molecule has 0 amide bonds. The van der Waals surface area contributed by atoms with Crippen LogP contribution in [0.5, 0.6) is 17.2 Å². The fourth-order valence-electron chi connectivity index (χ4n) is 2.00. The minimum Gasteiger partial charge on any atom is -0.504 e. The highest BCUT2D eigenvalue weighted by Crippen LogP contribution is 2.35. The minimum atomic E-state index is -2.16. The van der Waals surface area contributed by atoms with Gasteiger partial charge in [0.25, 0.3) is 0 Å². The summed E-state index contributed by atoms with van der Waals surface area (Å²) in [6, 6.07) is 1.39. The molecule has 11 nitrogen and oxygen atoms in total. The summed E-state index contributed by atoms with van der Waals surface area (Å²) in [4.78, 5) is 34.3. The Bertz CT molecular complexity index is 674. The van der Waals surface area contributed by atoms with Gasteiger partial charge in [-0.25, -0.2) is 14.4 Å². The van der Waals surface area contributed by atoms with Gasteiger partial charge in [0.05, 0.1) is 5.56 Å². The maximum atomic E-state index is 11.9. The number of rotatable bonds is 4. The number of phenols is 3. The summed E-state index contributed by atoms with van der Waals surface area (Å²) in [6.07, 6.45) is -7.94. The molecular formula is C13H12O11. The van der Waals surface area contributed by atoms with Crippen molar-refractivity contribution in [3.8, 4) is 17.2 Å². The van der Waals surface area contributed by atoms with E-state index in [2.05, 4.69) is 9.47 Å². The van der Waals surface area contributed by atoms with E-state index in [1.54, 1.807) is 0 Å². The minimum absolute atomic E-state index is 0.520. The molecule has 0 spiro atoms. The number of aromatic hydroxyl groups is 3. The van der Waals surface area contributed by atoms with Crippen molar-refractivity contribution in [3.05, 3.63) is 17.7 Å². The Morgan fingerprint density at radius 2 is 1.67 bits per heavy atom. The van der Waals surface area contributed by atoms with Crippen molar-refractivity contribution in [1.29, 1.82) is 0 Å². The number of ether oxygens (including phenoxy) is 2. The van der Waals surface area contributed by atoms with Crippen LogP contribution < -0.4 is 0 Å². The van der Waals surface area contributed by atoms with Crippen LogP contribution in [0.3, 0.4) is 0 Å². The molecule has 0 unspecified atom stereocenters. The number of carboxylic acid groups (broad SMARTS) is 1. The van der Waals surface area contributed by atoms with E-state index in [1.165, 1.54) is 0 Å². The number of carbonyl (C=O) groups is 3. The SMILES string of the molecule is O=C(O[C@H](C(=O)O)[C@@H]1OC(=O)[C@H](O)[C@H]1O)c1cc(O)c(O)c(O)c1. The first kappa shape index (κ1) is 17.3. The molecule has 1 aliphatic heterocycles. The van der Waals surface area contributed by atoms with E-state index in [1.807, 2.05) is 0 Å². The highest BCUT2D eigenvalue weighted by Gasteiger charge is 2.50. The molecule has 1 aromatic carbocycles. The third-order valence-electron chi connectivity index (χ3n) is 3.23. The fraction of sp³-hybridized carbons (Fsp3) is 0.308. The van der Waals surface area contributed by atoms with Crippen LogP contribution in [0, 0.1) is 0 Å². The Morgan fingerprint density at radius 1 is 1.12 bits per heavy atom. The molecule has 0 aliphatic carbocycles. The van der Waals surface area contributed by atoms with Crippen LogP contribution in [0.4, 0.5) is 0 Å². The molecule has 4 atom stereocenters. The molecule has 6 N–H and O–H groups in total. The molecule has 0 radical (unpaired) electrons. The molecule has 1 fully saturated rings. The number of carbonyl (C=O) groups excluding carboxylic acids is 2. The highest BCUT2D eigenvalue weighted by atomic mass is 16.6. The monoisotopic (exact) mass is 344 g/mol. The summed E-state index contributed by atoms with van der Waals surface area (Å²) in [5.74, 6) is -7.05. The molecule has 130 valence electrons. The Morgan fingerprint density at radius 3 is 2.08 bits per heavy atom. The number of aliphatic hydroxyl groups excluding tert-OH is 2. The molecule has 1 aromatic rings. The number of aliphatic hydroxyl groups is 2. The topological polar surface area (TPSA) is 191 Å². The lowest BCUT2D eigenvalue weighted by Gasteiger charge is -2.21. The van der Waals surface area contributed by atoms with Crippen molar-refractivity contribution < 1.29 is 54.5 Å². The van der Waals surface area contributed by atoms with E-state index in [0.29, 0.717) is 12.1 Å². The summed E-state index contributed by atoms with van der Waals surface area (Å²) in [7, 11) is 0. The van der Waals surface area contributed by atoms with Gasteiger partial charge in [-0.15, -0.1) is 0 Å². The standard InChI is InChI=1S/C13H12O11/c14-4-1-3(2-5(15)6(4)16)12(21)24-10(11(19)20)9-7(17)8(18)13(22)23-9/h1-2,7-10,14-18H,(H,19,20)/t7-,8-,9-,10+/m1/s1. The number of esters is 2. The number of benzene rings is 1. The van der Waals surface area contributed by atoms with Gasteiger partial charge in [-0.1, -0.05) is 0 Å². The van der Waals surface area contributed by atoms with Gasteiger partial charge in [0, 0.05) is 0 Å². The predicted octanol–water partition coefficient (Wildman–Crippen LogP) is -1.94. The van der Waals surface area contributed by atoms with E-state index in [0.717, 1.165) is 0 Å². The summed E-state index contributed by atoms with van der Waals surface area (Å²) < 4.78 is 9.09. The lowest BCUT2D eigenvalue weighted by atomic mass is 10.1. The van der Waals surface area contributed by atoms with E-state index in [-0.39, 0.29) is 0 Å². The van der Waals surface area contributed by atoms with E-state index in [4.69, 9.17) is 5.11 Å². The molecule has 2 rings (SSSR count). The third-order valence-corrected chi connectivity index (χ3v) is 3.23. The van der Waals surface area contributed by atoms with Gasteiger partial charge in [0.15, 0.2) is 29.5 Å². The van der Waals surface area contributed by atoms with Crippen molar-refractivity contribution in [3.63, 3.8) is 0 Å². The number of carboxylic acids is 1. The molecule has 1 heterocycles. The Kier molecular flexibility index (Phi) is 4.48. The average Bonchev–Trinajstić information content (AvgIpc) is 2.76. The largest absolute Gasteiger partial charge is 0.504 e. The van der Waals surface area contributed by atoms with Crippen LogP contribution >= 0.6 is 0 Å². The zero-order valence-electron chi connectivity index (χ0n) is 11.7. The molecule has 24 heavy (non-hydrogen) atoms. The van der Waals surface area contributed by atoms with Gasteiger partial charge in [-0.3, -0.25) is 0 Å². The lowest BCUT2D eigenvalue weighted by molar-refractivity contribution is -0.162. The second-order valence-corrected chi connectivity index (χ2v) is 4.86. The zero-order valence-corrected chi connectivity index (χ0v) is 11.7. The van der Waals surface area contributed by atoms with Crippen LogP contribution in [-0.2, 0) is 19.1 Å². The molecule has 1 saturated heterocycles. The summed E-state index contributed by atoms with van der Waals surface area (Å²) in [5, 5.41) is 55.8. The quantitative estimate of drug-likeness (QED) is 0.263. The molecule has 0 bridgehead atoms. The van der Waals surface area contributed by atoms with Crippen molar-refractivity contribution in [2.45, 2.75) is 24.4 Å². The molecule has 11 heteroatoms. The summed E-state index contributed by atoms with van der Waals surface area (Å²) in [5.41, 5.74) is -0.520. The van der Waals surface area contributed by atoms with Crippen molar-refractivity contribution >= 4 is 17.9 Å². The summed E-state index contributed by atoms with van der Waals surface area (Å²) in [6.45, 7) is 0. The Labute approximate surface area is 132 Å². The van der Waals surface area contributed by atoms with Crippen molar-refractivity contribution in [1.82, 2.24) is 0 Å². The van der Waals surface area contributed by atoms with Gasteiger partial charge < -0.3 is 40.1 Å². The molecule has 0 aromatic heterocycles.